The van der Waals surface area contributed by atoms with E-state index >= 15 is 0 Å². The molecular weight excluding hydrogens is 560 g/mol. The summed E-state index contributed by atoms with van der Waals surface area (Å²) in [5.74, 6) is 2.21. The van der Waals surface area contributed by atoms with E-state index in [0.29, 0.717) is 45.9 Å². The van der Waals surface area contributed by atoms with Crippen LogP contribution in [0.3, 0.4) is 0 Å². The average molecular weight is 576 g/mol. The van der Waals surface area contributed by atoms with Gasteiger partial charge in [-0.2, -0.15) is 0 Å². The van der Waals surface area contributed by atoms with Crippen molar-refractivity contribution in [2.45, 2.75) is 0 Å². The number of rotatable bonds is 0. The van der Waals surface area contributed by atoms with Crippen molar-refractivity contribution in [2.75, 3.05) is 0 Å². The maximum atomic E-state index is 4.95. The van der Waals surface area contributed by atoms with Gasteiger partial charge >= 0.3 is 17.1 Å². The molecule has 0 amide bonds. The topological polar surface area (TPSA) is 106 Å². The van der Waals surface area contributed by atoms with Crippen molar-refractivity contribution in [1.29, 1.82) is 0 Å². The minimum absolute atomic E-state index is 0. The van der Waals surface area contributed by atoms with Crippen LogP contribution in [0.15, 0.2) is 97.1 Å². The van der Waals surface area contributed by atoms with Crippen LogP contribution < -0.4 is 9.97 Å². The molecule has 0 fully saturated rings. The summed E-state index contributed by atoms with van der Waals surface area (Å²) in [7, 11) is 0. The fourth-order valence-electron chi connectivity index (χ4n) is 5.46. The molecule has 2 aliphatic heterocycles. The van der Waals surface area contributed by atoms with Crippen LogP contribution in [-0.4, -0.2) is 29.9 Å². The maximum absolute atomic E-state index is 4.95. The molecule has 3 aromatic heterocycles. The molecule has 4 aromatic carbocycles. The minimum Gasteiger partial charge on any atom is -0.357 e. The second-order valence-corrected chi connectivity index (χ2v) is 9.67. The number of hydrogen-bond acceptors (Lipinski definition) is 6. The fourth-order valence-corrected chi connectivity index (χ4v) is 5.46. The van der Waals surface area contributed by atoms with Gasteiger partial charge in [0.15, 0.2) is 0 Å². The Balaban J connectivity index is 0.00000256. The normalized spacial score (nSPS) is 11.7. The predicted octanol–water partition coefficient (Wildman–Crippen LogP) is 6.12. The van der Waals surface area contributed by atoms with Gasteiger partial charge in [-0.15, -0.1) is 0 Å². The number of hydrogen-bond donors (Lipinski definition) is 0. The van der Waals surface area contributed by atoms with Crippen molar-refractivity contribution < 1.29 is 17.1 Å². The van der Waals surface area contributed by atoms with Crippen LogP contribution in [0.25, 0.3) is 89.7 Å². The zero-order valence-electron chi connectivity index (χ0n) is 21.1. The third kappa shape index (κ3) is 3.53. The van der Waals surface area contributed by atoms with E-state index < -0.39 is 0 Å². The first-order valence-electron chi connectivity index (χ1n) is 12.9. The smallest absolute Gasteiger partial charge is 0.357 e. The molecule has 196 valence electrons. The third-order valence-corrected chi connectivity index (χ3v) is 7.33. The predicted molar refractivity (Wildman–Crippen MR) is 154 cm³/mol. The first kappa shape index (κ1) is 23.6. The van der Waals surface area contributed by atoms with Crippen LogP contribution in [-0.2, 0) is 17.1 Å². The summed E-state index contributed by atoms with van der Waals surface area (Å²) in [6.07, 6.45) is 0. The van der Waals surface area contributed by atoms with Gasteiger partial charge in [0.1, 0.15) is 0 Å². The van der Waals surface area contributed by atoms with Gasteiger partial charge in [-0.1, -0.05) is 97.1 Å². The van der Waals surface area contributed by atoms with Crippen LogP contribution in [0.4, 0.5) is 0 Å². The van der Waals surface area contributed by atoms with Crippen molar-refractivity contribution >= 4 is 44.1 Å². The van der Waals surface area contributed by atoms with Gasteiger partial charge in [-0.3, -0.25) is 0 Å². The van der Waals surface area contributed by atoms with Gasteiger partial charge in [0, 0.05) is 44.8 Å². The van der Waals surface area contributed by atoms with Gasteiger partial charge in [-0.05, 0) is 21.5 Å². The van der Waals surface area contributed by atoms with Crippen molar-refractivity contribution in [3.8, 4) is 45.6 Å². The molecule has 0 saturated heterocycles. The maximum Gasteiger partial charge on any atom is 1.00 e. The Morgan fingerprint density at radius 2 is 0.561 bits per heavy atom. The Morgan fingerprint density at radius 1 is 0.317 bits per heavy atom. The van der Waals surface area contributed by atoms with Crippen molar-refractivity contribution in [1.82, 2.24) is 39.9 Å². The minimum atomic E-state index is 0. The second-order valence-electron chi connectivity index (χ2n) is 9.67. The second kappa shape index (κ2) is 8.89. The quantitative estimate of drug-likeness (QED) is 0.199. The van der Waals surface area contributed by atoms with Gasteiger partial charge < -0.3 is 29.9 Å². The summed E-state index contributed by atoms with van der Waals surface area (Å²) in [6.45, 7) is 0. The molecule has 9 rings (SSSR count). The molecule has 0 unspecified atom stereocenters. The number of benzene rings is 4. The summed E-state index contributed by atoms with van der Waals surface area (Å²) in [5, 5.41) is 3.57. The van der Waals surface area contributed by atoms with E-state index in [0.717, 1.165) is 43.8 Å². The Kier molecular flexibility index (Phi) is 5.12. The number of nitrogens with zero attached hydrogens (tertiary/aromatic N) is 8. The molecule has 8 bridgehead atoms. The van der Waals surface area contributed by atoms with Gasteiger partial charge in [0.25, 0.3) is 0 Å². The third-order valence-electron chi connectivity index (χ3n) is 7.33. The number of fused-ring (bicyclic) bond motifs is 20. The summed E-state index contributed by atoms with van der Waals surface area (Å²) in [5.41, 5.74) is 5.78. The van der Waals surface area contributed by atoms with E-state index in [4.69, 9.17) is 39.9 Å². The van der Waals surface area contributed by atoms with Crippen LogP contribution in [0, 0.1) is 0 Å². The Bertz CT molecular complexity index is 2030. The van der Waals surface area contributed by atoms with E-state index in [1.54, 1.807) is 0 Å². The molecule has 0 saturated carbocycles. The van der Waals surface area contributed by atoms with E-state index in [-0.39, 0.29) is 17.1 Å². The molecule has 5 heterocycles. The molecular formula is C32H16CuN8-. The Morgan fingerprint density at radius 3 is 0.829 bits per heavy atom. The largest absolute Gasteiger partial charge is 1.00 e. The molecule has 0 radical (unpaired) electrons. The first-order chi connectivity index (χ1) is 19.8. The first-order valence-corrected chi connectivity index (χ1v) is 12.9. The number of aromatic nitrogens is 8. The molecule has 41 heavy (non-hydrogen) atoms. The van der Waals surface area contributed by atoms with Gasteiger partial charge in [-0.25, -0.2) is 9.97 Å². The Hall–Kier alpha value is -5.24. The summed E-state index contributed by atoms with van der Waals surface area (Å²) < 4.78 is 0. The standard InChI is InChI=1S/C32H16N8.Cu/c1-2-10-18-17(9-1)25-33-26(18)38-28-21-13-5-6-14-22(21)30(35-28)40-32-24-16-8-7-15-23(24)31(36-32)39-29-20-12-4-3-11-19(20)27(34-29)37-25;/h1-16H;/q-2;+1. The van der Waals surface area contributed by atoms with Crippen LogP contribution in [0.5, 0.6) is 0 Å². The molecule has 8 nitrogen and oxygen atoms in total. The zero-order chi connectivity index (χ0) is 26.2. The fraction of sp³-hybridized carbons (Fsp3) is 0. The molecule has 0 spiro atoms. The van der Waals surface area contributed by atoms with E-state index in [1.165, 1.54) is 0 Å². The van der Waals surface area contributed by atoms with Gasteiger partial charge in [0.2, 0.25) is 0 Å². The average Bonchev–Trinajstić information content (AvgIpc) is 3.73. The molecule has 0 N–H and O–H groups in total. The van der Waals surface area contributed by atoms with Crippen LogP contribution >= 0.6 is 0 Å². The molecule has 2 aliphatic rings. The summed E-state index contributed by atoms with van der Waals surface area (Å²) in [6, 6.07) is 31.8. The van der Waals surface area contributed by atoms with Gasteiger partial charge in [0.05, 0.1) is 23.3 Å². The van der Waals surface area contributed by atoms with Crippen molar-refractivity contribution in [3.63, 3.8) is 0 Å². The van der Waals surface area contributed by atoms with Crippen LogP contribution in [0.1, 0.15) is 0 Å². The van der Waals surface area contributed by atoms with E-state index in [2.05, 4.69) is 0 Å². The van der Waals surface area contributed by atoms with Crippen molar-refractivity contribution in [3.05, 3.63) is 97.1 Å². The Labute approximate surface area is 243 Å². The van der Waals surface area contributed by atoms with Crippen molar-refractivity contribution in [2.24, 2.45) is 0 Å². The van der Waals surface area contributed by atoms with E-state index in [1.807, 2.05) is 97.1 Å². The molecule has 9 heteroatoms. The summed E-state index contributed by atoms with van der Waals surface area (Å²) in [4.78, 5) is 39.3. The summed E-state index contributed by atoms with van der Waals surface area (Å²) >= 11 is 0. The SMILES string of the molecule is [Cu+].c1ccc2c(c1)-c1nc-2nc2[n-]c(nc3nc(nc4[n-]c(n1)c1ccccc41)-c1ccccc1-3)c1ccccc21. The molecule has 7 aromatic rings. The monoisotopic (exact) mass is 575 g/mol. The van der Waals surface area contributed by atoms with Crippen LogP contribution in [0.2, 0.25) is 0 Å². The van der Waals surface area contributed by atoms with E-state index in [9.17, 15) is 0 Å². The zero-order valence-corrected chi connectivity index (χ0v) is 22.1. The molecule has 0 aliphatic carbocycles. The molecule has 0 atom stereocenters.